The maximum Gasteiger partial charge on any atom is 0.319 e. The fourth-order valence-electron chi connectivity index (χ4n) is 6.20. The average Bonchev–Trinajstić information content (AvgIpc) is 3.50. The molecule has 6 rings (SSSR count). The van der Waals surface area contributed by atoms with Gasteiger partial charge in [0.05, 0.1) is 18.7 Å². The minimum Gasteiger partial charge on any atom is -0.493 e. The van der Waals surface area contributed by atoms with Crippen LogP contribution in [0.1, 0.15) is 54.9 Å². The zero-order chi connectivity index (χ0) is 34.9. The molecule has 4 aromatic carbocycles. The number of benzene rings is 4. The summed E-state index contributed by atoms with van der Waals surface area (Å²) in [5, 5.41) is 19.8. The number of anilines is 2. The Morgan fingerprint density at radius 1 is 0.860 bits per heavy atom. The number of piperidine rings is 1. The molecule has 2 heterocycles. The highest BCUT2D eigenvalue weighted by Crippen LogP contribution is 2.34. The number of hydrogen-bond acceptors (Lipinski definition) is 6. The van der Waals surface area contributed by atoms with Gasteiger partial charge in [0.1, 0.15) is 5.75 Å². The number of ether oxygens (including phenoxy) is 2. The molecule has 1 saturated heterocycles. The largest absolute Gasteiger partial charge is 0.493 e. The molecule has 0 atom stereocenters. The van der Waals surface area contributed by atoms with Crippen molar-refractivity contribution in [1.29, 1.82) is 0 Å². The monoisotopic (exact) mass is 675 g/mol. The average molecular weight is 676 g/mol. The van der Waals surface area contributed by atoms with Gasteiger partial charge in [0.15, 0.2) is 11.5 Å². The third-order valence-electron chi connectivity index (χ3n) is 8.98. The smallest absolute Gasteiger partial charge is 0.319 e. The fraction of sp³-hybridized carbons (Fsp3) is 0.300. The first-order chi connectivity index (χ1) is 24.4. The van der Waals surface area contributed by atoms with Gasteiger partial charge in [0, 0.05) is 66.5 Å². The number of hydrogen-bond donors (Lipinski definition) is 4. The Hall–Kier alpha value is -5.32. The standard InChI is InChI=1S/C40H45N5O5/c1-3-4-7-22-41-40(48)43-30-12-17-34(18-13-30)50-37-19-14-31(25-38(37)49-2)42-39(47)28-10-15-32(16-11-28)45-27-29(35-8-5-6-9-36(35)45)26-44-23-20-33(46)21-24-44/h5-6,8-19,25,27,33,46H,3-4,7,20-24,26H2,1-2H3,(H,42,47)(H2,41,43,48). The maximum atomic E-state index is 13.2. The highest BCUT2D eigenvalue weighted by Gasteiger charge is 2.19. The molecule has 1 aliphatic heterocycles. The van der Waals surface area contributed by atoms with Crippen LogP contribution in [0, 0.1) is 0 Å². The predicted octanol–water partition coefficient (Wildman–Crippen LogP) is 7.95. The van der Waals surface area contributed by atoms with Crippen molar-refractivity contribution in [2.45, 2.75) is 51.7 Å². The van der Waals surface area contributed by atoms with Crippen molar-refractivity contribution in [3.63, 3.8) is 0 Å². The second kappa shape index (κ2) is 16.4. The molecule has 0 saturated carbocycles. The van der Waals surface area contributed by atoms with Gasteiger partial charge >= 0.3 is 6.03 Å². The summed E-state index contributed by atoms with van der Waals surface area (Å²) >= 11 is 0. The van der Waals surface area contributed by atoms with E-state index in [1.807, 2.05) is 30.3 Å². The highest BCUT2D eigenvalue weighted by molar-refractivity contribution is 6.04. The molecule has 1 aromatic heterocycles. The van der Waals surface area contributed by atoms with Crippen LogP contribution in [0.2, 0.25) is 0 Å². The van der Waals surface area contributed by atoms with Crippen LogP contribution < -0.4 is 25.4 Å². The summed E-state index contributed by atoms with van der Waals surface area (Å²) < 4.78 is 13.8. The van der Waals surface area contributed by atoms with Crippen molar-refractivity contribution in [2.75, 3.05) is 37.4 Å². The SMILES string of the molecule is CCCCCNC(=O)Nc1ccc(Oc2ccc(NC(=O)c3ccc(-n4cc(CN5CCC(O)CC5)c5ccccc54)cc3)cc2OC)cc1. The Morgan fingerprint density at radius 3 is 2.34 bits per heavy atom. The molecule has 0 unspecified atom stereocenters. The maximum absolute atomic E-state index is 13.2. The van der Waals surface area contributed by atoms with E-state index in [0.717, 1.165) is 62.9 Å². The second-order valence-electron chi connectivity index (χ2n) is 12.6. The van der Waals surface area contributed by atoms with Crippen molar-refractivity contribution >= 4 is 34.2 Å². The molecule has 10 nitrogen and oxygen atoms in total. The molecule has 0 bridgehead atoms. The van der Waals surface area contributed by atoms with E-state index in [-0.39, 0.29) is 18.0 Å². The third-order valence-corrected chi connectivity index (χ3v) is 8.98. The van der Waals surface area contributed by atoms with Gasteiger partial charge in [-0.25, -0.2) is 4.79 Å². The summed E-state index contributed by atoms with van der Waals surface area (Å²) in [7, 11) is 1.55. The van der Waals surface area contributed by atoms with E-state index in [4.69, 9.17) is 9.47 Å². The van der Waals surface area contributed by atoms with E-state index in [1.54, 1.807) is 49.6 Å². The van der Waals surface area contributed by atoms with Crippen LogP contribution in [0.25, 0.3) is 16.6 Å². The normalized spacial score (nSPS) is 13.6. The van der Waals surface area contributed by atoms with Crippen LogP contribution in [-0.2, 0) is 6.54 Å². The third kappa shape index (κ3) is 8.63. The summed E-state index contributed by atoms with van der Waals surface area (Å²) in [4.78, 5) is 27.8. The zero-order valence-corrected chi connectivity index (χ0v) is 28.7. The topological polar surface area (TPSA) is 117 Å². The van der Waals surface area contributed by atoms with Gasteiger partial charge in [-0.15, -0.1) is 0 Å². The molecule has 50 heavy (non-hydrogen) atoms. The number of urea groups is 1. The quantitative estimate of drug-likeness (QED) is 0.0942. The molecule has 1 aliphatic rings. The molecule has 0 spiro atoms. The van der Waals surface area contributed by atoms with E-state index in [1.165, 1.54) is 10.9 Å². The molecule has 10 heteroatoms. The zero-order valence-electron chi connectivity index (χ0n) is 28.7. The van der Waals surface area contributed by atoms with E-state index in [2.05, 4.69) is 56.7 Å². The first-order valence-corrected chi connectivity index (χ1v) is 17.3. The number of unbranched alkanes of at least 4 members (excludes halogenated alkanes) is 2. The minimum absolute atomic E-state index is 0.196. The molecule has 3 amide bonds. The van der Waals surface area contributed by atoms with E-state index < -0.39 is 0 Å². The molecule has 0 aliphatic carbocycles. The number of fused-ring (bicyclic) bond motifs is 1. The lowest BCUT2D eigenvalue weighted by molar-refractivity contribution is 0.0794. The fourth-order valence-corrected chi connectivity index (χ4v) is 6.20. The number of nitrogens with zero attached hydrogens (tertiary/aromatic N) is 2. The van der Waals surface area contributed by atoms with E-state index in [9.17, 15) is 14.7 Å². The molecule has 4 N–H and O–H groups in total. The highest BCUT2D eigenvalue weighted by atomic mass is 16.5. The Kier molecular flexibility index (Phi) is 11.3. The van der Waals surface area contributed by atoms with Gasteiger partial charge in [-0.2, -0.15) is 0 Å². The number of amides is 3. The van der Waals surface area contributed by atoms with Crippen LogP contribution in [0.3, 0.4) is 0 Å². The number of aliphatic hydroxyl groups is 1. The van der Waals surface area contributed by atoms with Gasteiger partial charge in [0.25, 0.3) is 5.91 Å². The summed E-state index contributed by atoms with van der Waals surface area (Å²) in [6, 6.07) is 28.0. The van der Waals surface area contributed by atoms with Gasteiger partial charge in [-0.1, -0.05) is 38.0 Å². The van der Waals surface area contributed by atoms with Gasteiger partial charge in [0.2, 0.25) is 0 Å². The lowest BCUT2D eigenvalue weighted by Gasteiger charge is -2.29. The number of aliphatic hydroxyl groups excluding tert-OH is 1. The first-order valence-electron chi connectivity index (χ1n) is 17.3. The molecular weight excluding hydrogens is 630 g/mol. The molecular formula is C40H45N5O5. The summed E-state index contributed by atoms with van der Waals surface area (Å²) in [5.41, 5.74) is 5.07. The molecule has 260 valence electrons. The van der Waals surface area contributed by atoms with Crippen molar-refractivity contribution in [3.8, 4) is 22.9 Å². The van der Waals surface area contributed by atoms with Crippen LogP contribution >= 0.6 is 0 Å². The summed E-state index contributed by atoms with van der Waals surface area (Å²) in [6.07, 6.45) is 6.74. The lowest BCUT2D eigenvalue weighted by atomic mass is 10.1. The minimum atomic E-state index is -0.241. The number of carbonyl (C=O) groups is 2. The summed E-state index contributed by atoms with van der Waals surface area (Å²) in [6.45, 7) is 5.37. The predicted molar refractivity (Wildman–Crippen MR) is 198 cm³/mol. The molecule has 5 aromatic rings. The number of likely N-dealkylation sites (tertiary alicyclic amines) is 1. The number of aromatic nitrogens is 1. The van der Waals surface area contributed by atoms with E-state index >= 15 is 0 Å². The summed E-state index contributed by atoms with van der Waals surface area (Å²) in [5.74, 6) is 1.28. The molecule has 1 fully saturated rings. The first kappa shape index (κ1) is 34.5. The van der Waals surface area contributed by atoms with Crippen LogP contribution in [0.15, 0.2) is 97.2 Å². The van der Waals surface area contributed by atoms with Gasteiger partial charge in [-0.3, -0.25) is 9.69 Å². The Labute approximate surface area is 293 Å². The van der Waals surface area contributed by atoms with Crippen molar-refractivity contribution < 1.29 is 24.2 Å². The van der Waals surface area contributed by atoms with Crippen molar-refractivity contribution in [3.05, 3.63) is 108 Å². The number of para-hydroxylation sites is 1. The number of rotatable bonds is 13. The van der Waals surface area contributed by atoms with Gasteiger partial charge < -0.3 is 35.1 Å². The second-order valence-corrected chi connectivity index (χ2v) is 12.6. The Bertz CT molecular complexity index is 1900. The van der Waals surface area contributed by atoms with Crippen LogP contribution in [0.5, 0.6) is 17.2 Å². The van der Waals surface area contributed by atoms with Gasteiger partial charge in [-0.05, 0) is 91.6 Å². The van der Waals surface area contributed by atoms with Crippen molar-refractivity contribution in [1.82, 2.24) is 14.8 Å². The Balaban J connectivity index is 1.08. The van der Waals surface area contributed by atoms with Crippen molar-refractivity contribution in [2.24, 2.45) is 0 Å². The van der Waals surface area contributed by atoms with Crippen LogP contribution in [-0.4, -0.2) is 59.4 Å². The lowest BCUT2D eigenvalue weighted by Crippen LogP contribution is -2.35. The number of nitrogens with one attached hydrogen (secondary N) is 3. The Morgan fingerprint density at radius 2 is 1.60 bits per heavy atom. The number of carbonyl (C=O) groups excluding carboxylic acids is 2. The molecule has 0 radical (unpaired) electrons. The van der Waals surface area contributed by atoms with Crippen LogP contribution in [0.4, 0.5) is 16.2 Å². The van der Waals surface area contributed by atoms with E-state index in [0.29, 0.717) is 40.7 Å². The number of methoxy groups -OCH3 is 1.